The van der Waals surface area contributed by atoms with Gasteiger partial charge < -0.3 is 19.3 Å². The smallest absolute Gasteiger partial charge is 0.261 e. The van der Waals surface area contributed by atoms with Crippen LogP contribution in [0.15, 0.2) is 28.8 Å². The first-order chi connectivity index (χ1) is 10.8. The van der Waals surface area contributed by atoms with Crippen LogP contribution in [-0.2, 0) is 29.0 Å². The van der Waals surface area contributed by atoms with Crippen LogP contribution in [0.4, 0.5) is 0 Å². The lowest BCUT2D eigenvalue weighted by Gasteiger charge is -2.10. The van der Waals surface area contributed by atoms with E-state index >= 15 is 0 Å². The summed E-state index contributed by atoms with van der Waals surface area (Å²) in [6.45, 7) is 0.730. The SMILES string of the molecule is COCc1noc(CCNC(=O)[C@@H]2Cc3ccccc3O2)n1. The second-order valence-corrected chi connectivity index (χ2v) is 5.00. The Kier molecular flexibility index (Phi) is 4.34. The van der Waals surface area contributed by atoms with Gasteiger partial charge in [0.25, 0.3) is 5.91 Å². The lowest BCUT2D eigenvalue weighted by molar-refractivity contribution is -0.127. The quantitative estimate of drug-likeness (QED) is 0.852. The molecule has 2 heterocycles. The zero-order valence-electron chi connectivity index (χ0n) is 12.2. The first-order valence-electron chi connectivity index (χ1n) is 7.09. The van der Waals surface area contributed by atoms with Gasteiger partial charge in [-0.1, -0.05) is 23.4 Å². The number of rotatable bonds is 6. The first kappa shape index (κ1) is 14.5. The molecule has 0 aliphatic carbocycles. The van der Waals surface area contributed by atoms with E-state index in [1.807, 2.05) is 24.3 Å². The normalized spacial score (nSPS) is 16.1. The van der Waals surface area contributed by atoms with Crippen molar-refractivity contribution in [1.82, 2.24) is 15.5 Å². The van der Waals surface area contributed by atoms with E-state index in [0.29, 0.717) is 37.7 Å². The van der Waals surface area contributed by atoms with Gasteiger partial charge in [0.2, 0.25) is 5.89 Å². The van der Waals surface area contributed by atoms with Crippen LogP contribution in [0.2, 0.25) is 0 Å². The number of nitrogens with zero attached hydrogens (tertiary/aromatic N) is 2. The van der Waals surface area contributed by atoms with E-state index in [-0.39, 0.29) is 5.91 Å². The summed E-state index contributed by atoms with van der Waals surface area (Å²) < 4.78 is 15.6. The fraction of sp³-hybridized carbons (Fsp3) is 0.400. The fourth-order valence-corrected chi connectivity index (χ4v) is 2.31. The number of amides is 1. The lowest BCUT2D eigenvalue weighted by Crippen LogP contribution is -2.38. The molecule has 1 atom stereocenters. The first-order valence-corrected chi connectivity index (χ1v) is 7.09. The molecule has 1 aliphatic heterocycles. The molecule has 3 rings (SSSR count). The highest BCUT2D eigenvalue weighted by atomic mass is 16.5. The van der Waals surface area contributed by atoms with Crippen molar-refractivity contribution in [2.24, 2.45) is 0 Å². The topological polar surface area (TPSA) is 86.5 Å². The number of carbonyl (C=O) groups excluding carboxylic acids is 1. The van der Waals surface area contributed by atoms with Crippen molar-refractivity contribution in [3.05, 3.63) is 41.5 Å². The maximum Gasteiger partial charge on any atom is 0.261 e. The average Bonchev–Trinajstić information content (AvgIpc) is 3.14. The van der Waals surface area contributed by atoms with Crippen LogP contribution < -0.4 is 10.1 Å². The zero-order valence-corrected chi connectivity index (χ0v) is 12.2. The molecule has 7 heteroatoms. The predicted molar refractivity (Wildman–Crippen MR) is 76.3 cm³/mol. The number of hydrogen-bond acceptors (Lipinski definition) is 6. The number of ether oxygens (including phenoxy) is 2. The Hall–Kier alpha value is -2.41. The molecule has 116 valence electrons. The van der Waals surface area contributed by atoms with Crippen LogP contribution in [0.5, 0.6) is 5.75 Å². The molecule has 1 amide bonds. The van der Waals surface area contributed by atoms with Crippen molar-refractivity contribution >= 4 is 5.91 Å². The van der Waals surface area contributed by atoms with E-state index in [4.69, 9.17) is 14.0 Å². The highest BCUT2D eigenvalue weighted by molar-refractivity contribution is 5.82. The summed E-state index contributed by atoms with van der Waals surface area (Å²) >= 11 is 0. The van der Waals surface area contributed by atoms with Crippen LogP contribution in [0, 0.1) is 0 Å². The van der Waals surface area contributed by atoms with Gasteiger partial charge in [-0.3, -0.25) is 4.79 Å². The van der Waals surface area contributed by atoms with Gasteiger partial charge in [-0.2, -0.15) is 4.98 Å². The minimum absolute atomic E-state index is 0.132. The van der Waals surface area contributed by atoms with Gasteiger partial charge >= 0.3 is 0 Å². The molecule has 1 aliphatic rings. The Morgan fingerprint density at radius 2 is 2.32 bits per heavy atom. The van der Waals surface area contributed by atoms with E-state index in [1.54, 1.807) is 7.11 Å². The van der Waals surface area contributed by atoms with Crippen molar-refractivity contribution in [1.29, 1.82) is 0 Å². The van der Waals surface area contributed by atoms with Crippen LogP contribution in [0.3, 0.4) is 0 Å². The summed E-state index contributed by atoms with van der Waals surface area (Å²) in [5.41, 5.74) is 1.06. The molecule has 0 bridgehead atoms. The fourth-order valence-electron chi connectivity index (χ4n) is 2.31. The summed E-state index contributed by atoms with van der Waals surface area (Å²) in [5, 5.41) is 6.59. The number of nitrogens with one attached hydrogen (secondary N) is 1. The summed E-state index contributed by atoms with van der Waals surface area (Å²) in [5.74, 6) is 1.62. The Balaban J connectivity index is 1.45. The third kappa shape index (κ3) is 3.25. The van der Waals surface area contributed by atoms with Gasteiger partial charge in [0.15, 0.2) is 11.9 Å². The Morgan fingerprint density at radius 3 is 3.14 bits per heavy atom. The molecule has 0 unspecified atom stereocenters. The molecule has 0 fully saturated rings. The monoisotopic (exact) mass is 303 g/mol. The Labute approximate surface area is 127 Å². The Morgan fingerprint density at radius 1 is 1.45 bits per heavy atom. The molecule has 1 aromatic heterocycles. The van der Waals surface area contributed by atoms with E-state index in [2.05, 4.69) is 15.5 Å². The molecular formula is C15H17N3O4. The highest BCUT2D eigenvalue weighted by Gasteiger charge is 2.28. The zero-order chi connectivity index (χ0) is 15.4. The maximum atomic E-state index is 12.1. The average molecular weight is 303 g/mol. The number of benzene rings is 1. The van der Waals surface area contributed by atoms with Crippen molar-refractivity contribution < 1.29 is 18.8 Å². The molecule has 1 N–H and O–H groups in total. The van der Waals surface area contributed by atoms with Crippen molar-refractivity contribution in [2.45, 2.75) is 25.6 Å². The van der Waals surface area contributed by atoms with E-state index in [0.717, 1.165) is 11.3 Å². The largest absolute Gasteiger partial charge is 0.480 e. The minimum atomic E-state index is -0.468. The van der Waals surface area contributed by atoms with Crippen LogP contribution >= 0.6 is 0 Å². The standard InChI is InChI=1S/C15H17N3O4/c1-20-9-13-17-14(22-18-13)6-7-16-15(19)12-8-10-4-2-3-5-11(10)21-12/h2-5,12H,6-9H2,1H3,(H,16,19)/t12-/m0/s1. The number of aromatic nitrogens is 2. The number of carbonyl (C=O) groups is 1. The summed E-state index contributed by atoms with van der Waals surface area (Å²) in [6.07, 6.45) is 0.604. The molecule has 22 heavy (non-hydrogen) atoms. The van der Waals surface area contributed by atoms with Gasteiger partial charge in [0.05, 0.1) is 0 Å². The third-order valence-corrected chi connectivity index (χ3v) is 3.36. The molecule has 7 nitrogen and oxygen atoms in total. The minimum Gasteiger partial charge on any atom is -0.480 e. The second kappa shape index (κ2) is 6.57. The van der Waals surface area contributed by atoms with Crippen molar-refractivity contribution in [3.63, 3.8) is 0 Å². The maximum absolute atomic E-state index is 12.1. The molecular weight excluding hydrogens is 286 g/mol. The van der Waals surface area contributed by atoms with Gasteiger partial charge in [-0.25, -0.2) is 0 Å². The third-order valence-electron chi connectivity index (χ3n) is 3.36. The van der Waals surface area contributed by atoms with E-state index < -0.39 is 6.10 Å². The lowest BCUT2D eigenvalue weighted by atomic mass is 10.1. The van der Waals surface area contributed by atoms with Gasteiger partial charge in [0, 0.05) is 26.5 Å². The summed E-state index contributed by atoms with van der Waals surface area (Å²) in [4.78, 5) is 16.2. The van der Waals surface area contributed by atoms with Gasteiger partial charge in [0.1, 0.15) is 12.4 Å². The predicted octanol–water partition coefficient (Wildman–Crippen LogP) is 0.878. The van der Waals surface area contributed by atoms with Gasteiger partial charge in [-0.05, 0) is 11.6 Å². The van der Waals surface area contributed by atoms with Crippen molar-refractivity contribution in [2.75, 3.05) is 13.7 Å². The summed E-state index contributed by atoms with van der Waals surface area (Å²) in [7, 11) is 1.57. The number of hydrogen-bond donors (Lipinski definition) is 1. The number of para-hydroxylation sites is 1. The Bertz CT molecular complexity index is 631. The molecule has 0 spiro atoms. The molecule has 1 aromatic carbocycles. The molecule has 2 aromatic rings. The molecule has 0 saturated heterocycles. The molecule has 0 radical (unpaired) electrons. The highest BCUT2D eigenvalue weighted by Crippen LogP contribution is 2.27. The van der Waals surface area contributed by atoms with E-state index in [1.165, 1.54) is 0 Å². The molecule has 0 saturated carbocycles. The number of fused-ring (bicyclic) bond motifs is 1. The number of methoxy groups -OCH3 is 1. The van der Waals surface area contributed by atoms with Crippen molar-refractivity contribution in [3.8, 4) is 5.75 Å². The summed E-state index contributed by atoms with van der Waals surface area (Å²) in [6, 6.07) is 7.68. The van der Waals surface area contributed by atoms with Gasteiger partial charge in [-0.15, -0.1) is 0 Å². The van der Waals surface area contributed by atoms with Crippen LogP contribution in [-0.4, -0.2) is 35.8 Å². The second-order valence-electron chi connectivity index (χ2n) is 5.00. The van der Waals surface area contributed by atoms with Crippen LogP contribution in [0.25, 0.3) is 0 Å². The van der Waals surface area contributed by atoms with Crippen LogP contribution in [0.1, 0.15) is 17.3 Å². The van der Waals surface area contributed by atoms with E-state index in [9.17, 15) is 4.79 Å².